The molecule has 0 amide bonds. The minimum atomic E-state index is -2.99. The molecule has 0 fully saturated rings. The molecule has 0 aromatic carbocycles. The van der Waals surface area contributed by atoms with Crippen LogP contribution in [0.2, 0.25) is 0 Å². The van der Waals surface area contributed by atoms with Gasteiger partial charge in [-0.05, 0) is 0 Å². The second kappa shape index (κ2) is 3.47. The summed E-state index contributed by atoms with van der Waals surface area (Å²) in [6.07, 6.45) is -2.99. The lowest BCUT2D eigenvalue weighted by Crippen LogP contribution is -2.46. The lowest BCUT2D eigenvalue weighted by Gasteiger charge is -2.14. The third kappa shape index (κ3) is 7.31. The first kappa shape index (κ1) is 9.31. The molecule has 0 atom stereocenters. The van der Waals surface area contributed by atoms with E-state index in [4.69, 9.17) is 15.3 Å². The Balaban J connectivity index is 3.29. The molecule has 6 heteroatoms. The van der Waals surface area contributed by atoms with E-state index in [1.165, 1.54) is 0 Å². The fourth-order valence-electron chi connectivity index (χ4n) is 0.235. The van der Waals surface area contributed by atoms with Crippen LogP contribution in [0.4, 0.5) is 0 Å². The van der Waals surface area contributed by atoms with E-state index < -0.39 is 18.8 Å². The van der Waals surface area contributed by atoms with Crippen molar-refractivity contribution in [2.75, 3.05) is 6.73 Å². The van der Waals surface area contributed by atoms with E-state index in [0.29, 0.717) is 0 Å². The molecule has 0 aliphatic carbocycles. The molecule has 0 aromatic heterocycles. The number of hydrogen-bond donors (Lipinski definition) is 4. The van der Waals surface area contributed by atoms with Crippen LogP contribution in [0, 0.1) is 0 Å². The Bertz CT molecular complexity index is 117. The zero-order valence-corrected chi connectivity index (χ0v) is 5.37. The average molecular weight is 151 g/mol. The molecule has 0 heterocycles. The Hall–Kier alpha value is -0.690. The maximum atomic E-state index is 10.0. The first-order valence-electron chi connectivity index (χ1n) is 2.47. The summed E-state index contributed by atoms with van der Waals surface area (Å²) in [5.41, 5.74) is 0. The largest absolute Gasteiger partial charge is 0.450 e. The number of carbonyl (C=O) groups is 1. The summed E-state index contributed by atoms with van der Waals surface area (Å²) in [5, 5.41) is 26.1. The quantitative estimate of drug-likeness (QED) is 0.267. The van der Waals surface area contributed by atoms with Gasteiger partial charge in [-0.3, -0.25) is 4.79 Å². The van der Waals surface area contributed by atoms with Crippen molar-refractivity contribution in [1.29, 1.82) is 0 Å². The molecule has 0 aliphatic heterocycles. The number of hydrogen-bond acceptors (Lipinski definition) is 6. The fraction of sp³-hybridized carbons (Fsp3) is 0.750. The summed E-state index contributed by atoms with van der Waals surface area (Å²) in [6, 6.07) is 0. The molecule has 0 aliphatic rings. The number of aliphatic hydroxyl groups is 3. The minimum absolute atomic E-state index is 0.459. The summed E-state index contributed by atoms with van der Waals surface area (Å²) in [5.74, 6) is -0.586. The third-order valence-electron chi connectivity index (χ3n) is 0.585. The zero-order valence-electron chi connectivity index (χ0n) is 5.37. The van der Waals surface area contributed by atoms with Crippen LogP contribution in [0.5, 0.6) is 0 Å². The van der Waals surface area contributed by atoms with Crippen LogP contribution in [0.1, 0.15) is 6.92 Å². The van der Waals surface area contributed by atoms with E-state index in [0.717, 1.165) is 6.92 Å². The molecule has 60 valence electrons. The number of carbonyl (C=O) groups excluding carboxylic acids is 1. The van der Waals surface area contributed by atoms with Crippen LogP contribution in [-0.4, -0.2) is 34.1 Å². The van der Waals surface area contributed by atoms with Crippen LogP contribution in [-0.2, 0) is 9.53 Å². The summed E-state index contributed by atoms with van der Waals surface area (Å²) >= 11 is 0. The summed E-state index contributed by atoms with van der Waals surface area (Å²) in [6.45, 7) is 0.689. The molecule has 0 spiro atoms. The van der Waals surface area contributed by atoms with Gasteiger partial charge in [0.25, 0.3) is 0 Å². The van der Waals surface area contributed by atoms with E-state index >= 15 is 0 Å². The molecule has 0 bridgehead atoms. The van der Waals surface area contributed by atoms with E-state index in [9.17, 15) is 4.79 Å². The number of nitrogens with one attached hydrogen (secondary N) is 1. The SMILES string of the molecule is CC(=O)OCNC(O)(O)O. The zero-order chi connectivity index (χ0) is 8.20. The van der Waals surface area contributed by atoms with E-state index in [-0.39, 0.29) is 0 Å². The van der Waals surface area contributed by atoms with Crippen molar-refractivity contribution in [3.8, 4) is 0 Å². The maximum Gasteiger partial charge on any atom is 0.345 e. The van der Waals surface area contributed by atoms with Gasteiger partial charge in [0.15, 0.2) is 0 Å². The highest BCUT2D eigenvalue weighted by atomic mass is 16.7. The van der Waals surface area contributed by atoms with Gasteiger partial charge in [0, 0.05) is 6.92 Å². The smallest absolute Gasteiger partial charge is 0.345 e. The normalized spacial score (nSPS) is 11.2. The highest BCUT2D eigenvalue weighted by molar-refractivity contribution is 5.65. The molecule has 10 heavy (non-hydrogen) atoms. The highest BCUT2D eigenvalue weighted by Crippen LogP contribution is 1.83. The van der Waals surface area contributed by atoms with Crippen LogP contribution in [0.3, 0.4) is 0 Å². The molecule has 0 rings (SSSR count). The Morgan fingerprint density at radius 2 is 2.10 bits per heavy atom. The first-order chi connectivity index (χ1) is 4.42. The Labute approximate surface area is 57.0 Å². The van der Waals surface area contributed by atoms with Gasteiger partial charge in [0.05, 0.1) is 0 Å². The summed E-state index contributed by atoms with van der Waals surface area (Å²) in [4.78, 5) is 10.0. The van der Waals surface area contributed by atoms with E-state index in [1.54, 1.807) is 5.32 Å². The predicted molar refractivity (Wildman–Crippen MR) is 29.2 cm³/mol. The first-order valence-corrected chi connectivity index (χ1v) is 2.47. The molecule has 0 unspecified atom stereocenters. The van der Waals surface area contributed by atoms with Crippen molar-refractivity contribution in [3.63, 3.8) is 0 Å². The van der Waals surface area contributed by atoms with E-state index in [1.807, 2.05) is 0 Å². The highest BCUT2D eigenvalue weighted by Gasteiger charge is 2.16. The Morgan fingerprint density at radius 1 is 1.60 bits per heavy atom. The molecule has 0 saturated carbocycles. The van der Waals surface area contributed by atoms with Crippen molar-refractivity contribution in [2.24, 2.45) is 0 Å². The van der Waals surface area contributed by atoms with Crippen LogP contribution >= 0.6 is 0 Å². The van der Waals surface area contributed by atoms with Crippen molar-refractivity contribution in [1.82, 2.24) is 5.32 Å². The molecule has 0 saturated heterocycles. The topological polar surface area (TPSA) is 99.0 Å². The van der Waals surface area contributed by atoms with Gasteiger partial charge >= 0.3 is 12.1 Å². The third-order valence-corrected chi connectivity index (χ3v) is 0.585. The molecule has 0 radical (unpaired) electrons. The van der Waals surface area contributed by atoms with Gasteiger partial charge in [-0.15, -0.1) is 0 Å². The number of ether oxygens (including phenoxy) is 1. The van der Waals surface area contributed by atoms with E-state index in [2.05, 4.69) is 4.74 Å². The van der Waals surface area contributed by atoms with Crippen molar-refractivity contribution in [3.05, 3.63) is 0 Å². The second-order valence-electron chi connectivity index (χ2n) is 1.59. The van der Waals surface area contributed by atoms with Crippen molar-refractivity contribution >= 4 is 5.97 Å². The number of rotatable bonds is 3. The van der Waals surface area contributed by atoms with Gasteiger partial charge in [0.2, 0.25) is 0 Å². The standard InChI is InChI=1S/C4H9NO5/c1-3(6)10-2-5-4(7,8)9/h5,7-9H,2H2,1H3. The van der Waals surface area contributed by atoms with Crippen molar-refractivity contribution in [2.45, 2.75) is 13.0 Å². The molecular formula is C4H9NO5. The Morgan fingerprint density at radius 3 is 2.40 bits per heavy atom. The maximum absolute atomic E-state index is 10.0. The van der Waals surface area contributed by atoms with Crippen LogP contribution in [0.15, 0.2) is 0 Å². The number of esters is 1. The Kier molecular flexibility index (Phi) is 3.23. The monoisotopic (exact) mass is 151 g/mol. The lowest BCUT2D eigenvalue weighted by molar-refractivity contribution is -0.336. The van der Waals surface area contributed by atoms with Crippen LogP contribution in [0.25, 0.3) is 0 Å². The summed E-state index contributed by atoms with van der Waals surface area (Å²) < 4.78 is 4.19. The molecule has 4 N–H and O–H groups in total. The van der Waals surface area contributed by atoms with Crippen LogP contribution < -0.4 is 5.32 Å². The van der Waals surface area contributed by atoms with Gasteiger partial charge in [-0.2, -0.15) is 0 Å². The lowest BCUT2D eigenvalue weighted by atomic mass is 10.8. The van der Waals surface area contributed by atoms with Crippen molar-refractivity contribution < 1.29 is 24.9 Å². The fourth-order valence-corrected chi connectivity index (χ4v) is 0.235. The minimum Gasteiger partial charge on any atom is -0.450 e. The molecular weight excluding hydrogens is 142 g/mol. The summed E-state index contributed by atoms with van der Waals surface area (Å²) in [7, 11) is 0. The second-order valence-corrected chi connectivity index (χ2v) is 1.59. The van der Waals surface area contributed by atoms with Gasteiger partial charge in [-0.25, -0.2) is 5.32 Å². The van der Waals surface area contributed by atoms with Gasteiger partial charge < -0.3 is 20.1 Å². The van der Waals surface area contributed by atoms with Gasteiger partial charge in [-0.1, -0.05) is 0 Å². The molecule has 6 nitrogen and oxygen atoms in total. The molecule has 0 aromatic rings. The predicted octanol–water partition coefficient (Wildman–Crippen LogP) is -2.32. The average Bonchev–Trinajstić information content (AvgIpc) is 1.59. The van der Waals surface area contributed by atoms with Gasteiger partial charge in [0.1, 0.15) is 6.73 Å².